The molecule has 0 amide bonds. The van der Waals surface area contributed by atoms with Crippen molar-refractivity contribution in [3.05, 3.63) is 30.1 Å². The lowest BCUT2D eigenvalue weighted by atomic mass is 9.79. The van der Waals surface area contributed by atoms with Gasteiger partial charge in [0.15, 0.2) is 0 Å². The second kappa shape index (κ2) is 6.88. The molecule has 4 nitrogen and oxygen atoms in total. The van der Waals surface area contributed by atoms with E-state index in [1.807, 2.05) is 12.3 Å². The molecular formula is C19H29N3O. The molecule has 3 aliphatic heterocycles. The average Bonchev–Trinajstić information content (AvgIpc) is 3.20. The quantitative estimate of drug-likeness (QED) is 0.853. The van der Waals surface area contributed by atoms with Crippen LogP contribution < -0.4 is 0 Å². The van der Waals surface area contributed by atoms with Crippen LogP contribution in [0.15, 0.2) is 24.4 Å². The molecule has 3 aliphatic rings. The van der Waals surface area contributed by atoms with E-state index in [-0.39, 0.29) is 0 Å². The van der Waals surface area contributed by atoms with E-state index < -0.39 is 0 Å². The Morgan fingerprint density at radius 2 is 2.13 bits per heavy atom. The molecule has 126 valence electrons. The third kappa shape index (κ3) is 3.76. The molecule has 4 heterocycles. The molecule has 0 bridgehead atoms. The van der Waals surface area contributed by atoms with Gasteiger partial charge in [0.1, 0.15) is 0 Å². The van der Waals surface area contributed by atoms with Crippen LogP contribution in [0.1, 0.15) is 31.4 Å². The number of piperidine rings is 1. The van der Waals surface area contributed by atoms with Gasteiger partial charge in [-0.15, -0.1) is 0 Å². The van der Waals surface area contributed by atoms with Crippen LogP contribution in [0, 0.1) is 11.3 Å². The second-order valence-corrected chi connectivity index (χ2v) is 7.85. The first-order valence-corrected chi connectivity index (χ1v) is 9.24. The minimum absolute atomic E-state index is 0.534. The molecule has 1 spiro atoms. The highest BCUT2D eigenvalue weighted by Crippen LogP contribution is 2.39. The van der Waals surface area contributed by atoms with Gasteiger partial charge in [0.25, 0.3) is 0 Å². The molecule has 1 aromatic heterocycles. The third-order valence-corrected chi connectivity index (χ3v) is 5.91. The lowest BCUT2D eigenvalue weighted by Gasteiger charge is -2.40. The first-order chi connectivity index (χ1) is 11.3. The van der Waals surface area contributed by atoms with Crippen LogP contribution in [0.2, 0.25) is 0 Å². The minimum Gasteiger partial charge on any atom is -0.381 e. The number of aromatic nitrogens is 1. The Bertz CT molecular complexity index is 503. The summed E-state index contributed by atoms with van der Waals surface area (Å²) < 4.78 is 5.55. The minimum atomic E-state index is 0.534. The molecule has 4 rings (SSSR count). The number of nitrogens with zero attached hydrogens (tertiary/aromatic N) is 3. The van der Waals surface area contributed by atoms with E-state index in [1.54, 1.807) is 0 Å². The van der Waals surface area contributed by atoms with Gasteiger partial charge in [-0.05, 0) is 62.2 Å². The molecule has 3 fully saturated rings. The van der Waals surface area contributed by atoms with Crippen molar-refractivity contribution < 1.29 is 4.74 Å². The summed E-state index contributed by atoms with van der Waals surface area (Å²) in [5.74, 6) is 0.776. The Morgan fingerprint density at radius 3 is 2.96 bits per heavy atom. The van der Waals surface area contributed by atoms with E-state index >= 15 is 0 Å². The SMILES string of the molecule is c1ccc(CN2CCC[C@@]3(CCN(C[C@@H]4CCOC4)C3)C2)nc1. The highest BCUT2D eigenvalue weighted by molar-refractivity contribution is 5.04. The van der Waals surface area contributed by atoms with Crippen molar-refractivity contribution in [2.45, 2.75) is 32.2 Å². The zero-order valence-electron chi connectivity index (χ0n) is 14.1. The average molecular weight is 315 g/mol. The molecule has 4 heteroatoms. The van der Waals surface area contributed by atoms with Gasteiger partial charge in [-0.3, -0.25) is 9.88 Å². The van der Waals surface area contributed by atoms with E-state index in [0.717, 1.165) is 25.7 Å². The maximum Gasteiger partial charge on any atom is 0.0543 e. The highest BCUT2D eigenvalue weighted by Gasteiger charge is 2.41. The van der Waals surface area contributed by atoms with Crippen LogP contribution in [-0.4, -0.2) is 60.7 Å². The predicted molar refractivity (Wildman–Crippen MR) is 91.2 cm³/mol. The molecule has 0 aromatic carbocycles. The van der Waals surface area contributed by atoms with E-state index in [1.165, 1.54) is 64.1 Å². The van der Waals surface area contributed by atoms with Crippen LogP contribution in [0.25, 0.3) is 0 Å². The number of likely N-dealkylation sites (tertiary alicyclic amines) is 2. The highest BCUT2D eigenvalue weighted by atomic mass is 16.5. The molecule has 0 radical (unpaired) electrons. The van der Waals surface area contributed by atoms with Crippen molar-refractivity contribution in [2.75, 3.05) is 45.9 Å². The van der Waals surface area contributed by atoms with Crippen molar-refractivity contribution in [1.82, 2.24) is 14.8 Å². The number of ether oxygens (including phenoxy) is 1. The van der Waals surface area contributed by atoms with Crippen molar-refractivity contribution in [3.63, 3.8) is 0 Å². The molecule has 3 saturated heterocycles. The maximum atomic E-state index is 5.55. The summed E-state index contributed by atoms with van der Waals surface area (Å²) in [4.78, 5) is 9.85. The third-order valence-electron chi connectivity index (χ3n) is 5.91. The van der Waals surface area contributed by atoms with Crippen LogP contribution in [0.5, 0.6) is 0 Å². The second-order valence-electron chi connectivity index (χ2n) is 7.85. The summed E-state index contributed by atoms with van der Waals surface area (Å²) in [6.45, 7) is 9.28. The Hall–Kier alpha value is -0.970. The van der Waals surface area contributed by atoms with E-state index in [9.17, 15) is 0 Å². The first kappa shape index (κ1) is 15.6. The van der Waals surface area contributed by atoms with Gasteiger partial charge in [0.2, 0.25) is 0 Å². The van der Waals surface area contributed by atoms with Crippen molar-refractivity contribution >= 4 is 0 Å². The summed E-state index contributed by atoms with van der Waals surface area (Å²) in [5, 5.41) is 0. The van der Waals surface area contributed by atoms with E-state index in [2.05, 4.69) is 26.9 Å². The number of hydrogen-bond acceptors (Lipinski definition) is 4. The summed E-state index contributed by atoms with van der Waals surface area (Å²) in [6.07, 6.45) is 7.29. The van der Waals surface area contributed by atoms with Gasteiger partial charge < -0.3 is 9.64 Å². The fourth-order valence-corrected chi connectivity index (χ4v) is 4.77. The van der Waals surface area contributed by atoms with Gasteiger partial charge >= 0.3 is 0 Å². The molecule has 0 unspecified atom stereocenters. The van der Waals surface area contributed by atoms with Crippen LogP contribution in [-0.2, 0) is 11.3 Å². The lowest BCUT2D eigenvalue weighted by Crippen LogP contribution is -2.44. The van der Waals surface area contributed by atoms with Crippen molar-refractivity contribution in [1.29, 1.82) is 0 Å². The van der Waals surface area contributed by atoms with Crippen molar-refractivity contribution in [2.24, 2.45) is 11.3 Å². The number of hydrogen-bond donors (Lipinski definition) is 0. The molecule has 0 aliphatic carbocycles. The van der Waals surface area contributed by atoms with E-state index in [4.69, 9.17) is 4.74 Å². The Labute approximate surface area is 139 Å². The topological polar surface area (TPSA) is 28.6 Å². The summed E-state index contributed by atoms with van der Waals surface area (Å²) in [5.41, 5.74) is 1.74. The summed E-state index contributed by atoms with van der Waals surface area (Å²) in [6, 6.07) is 6.26. The maximum absolute atomic E-state index is 5.55. The largest absolute Gasteiger partial charge is 0.381 e. The monoisotopic (exact) mass is 315 g/mol. The smallest absolute Gasteiger partial charge is 0.0543 e. The van der Waals surface area contributed by atoms with Gasteiger partial charge in [-0.1, -0.05) is 6.07 Å². The standard InChI is InChI=1S/C19H29N3O/c1-2-8-20-18(4-1)13-21-9-3-6-19(15-21)7-10-22(16-19)12-17-5-11-23-14-17/h1-2,4,8,17H,3,5-7,9-16H2/t17-,19+/m0/s1. The fraction of sp³-hybridized carbons (Fsp3) is 0.737. The molecule has 0 saturated carbocycles. The zero-order chi connectivity index (χ0) is 15.5. The van der Waals surface area contributed by atoms with Crippen LogP contribution in [0.4, 0.5) is 0 Å². The van der Waals surface area contributed by atoms with E-state index in [0.29, 0.717) is 5.41 Å². The molecule has 2 atom stereocenters. The van der Waals surface area contributed by atoms with Crippen molar-refractivity contribution in [3.8, 4) is 0 Å². The summed E-state index contributed by atoms with van der Waals surface area (Å²) in [7, 11) is 0. The molecule has 0 N–H and O–H groups in total. The fourth-order valence-electron chi connectivity index (χ4n) is 4.77. The van der Waals surface area contributed by atoms with Gasteiger partial charge in [0.05, 0.1) is 12.3 Å². The van der Waals surface area contributed by atoms with Gasteiger partial charge in [0, 0.05) is 39.0 Å². The van der Waals surface area contributed by atoms with Crippen LogP contribution in [0.3, 0.4) is 0 Å². The summed E-state index contributed by atoms with van der Waals surface area (Å²) >= 11 is 0. The lowest BCUT2D eigenvalue weighted by molar-refractivity contribution is 0.0838. The molecule has 23 heavy (non-hydrogen) atoms. The Kier molecular flexibility index (Phi) is 4.65. The molecular weight excluding hydrogens is 286 g/mol. The first-order valence-electron chi connectivity index (χ1n) is 9.24. The van der Waals surface area contributed by atoms with Gasteiger partial charge in [-0.25, -0.2) is 0 Å². The predicted octanol–water partition coefficient (Wildman–Crippen LogP) is 2.41. The number of rotatable bonds is 4. The Morgan fingerprint density at radius 1 is 1.17 bits per heavy atom. The molecule has 1 aromatic rings. The zero-order valence-corrected chi connectivity index (χ0v) is 14.1. The van der Waals surface area contributed by atoms with Gasteiger partial charge in [-0.2, -0.15) is 0 Å². The number of pyridine rings is 1. The van der Waals surface area contributed by atoms with Crippen LogP contribution >= 0.6 is 0 Å². The normalized spacial score (nSPS) is 32.8. The Balaban J connectivity index is 1.33.